The molecule has 0 amide bonds. The predicted molar refractivity (Wildman–Crippen MR) is 110 cm³/mol. The van der Waals surface area contributed by atoms with Crippen LogP contribution in [0.15, 0.2) is 0 Å². The highest BCUT2D eigenvalue weighted by molar-refractivity contribution is 5.75. The fraction of sp³-hybridized carbons (Fsp3) is 0.952. The lowest BCUT2D eigenvalue weighted by atomic mass is 10.1. The van der Waals surface area contributed by atoms with Crippen LogP contribution in [0.2, 0.25) is 0 Å². The summed E-state index contributed by atoms with van der Waals surface area (Å²) >= 11 is 0. The Labute approximate surface area is 174 Å². The van der Waals surface area contributed by atoms with Crippen molar-refractivity contribution in [3.05, 3.63) is 0 Å². The van der Waals surface area contributed by atoms with Crippen LogP contribution in [-0.4, -0.2) is 44.7 Å². The van der Waals surface area contributed by atoms with Gasteiger partial charge in [0.25, 0.3) is 0 Å². The molecule has 1 atom stereocenters. The molecule has 0 saturated carbocycles. The van der Waals surface area contributed by atoms with Crippen LogP contribution < -0.4 is 11.1 Å². The molecule has 0 rings (SSSR count). The first-order valence-electron chi connectivity index (χ1n) is 11.2. The van der Waals surface area contributed by atoms with Crippen molar-refractivity contribution in [1.82, 2.24) is 5.32 Å². The van der Waals surface area contributed by atoms with E-state index >= 15 is 0 Å². The van der Waals surface area contributed by atoms with Crippen LogP contribution in [0.1, 0.15) is 90.4 Å². The van der Waals surface area contributed by atoms with Gasteiger partial charge in [-0.1, -0.05) is 71.1 Å². The van der Waals surface area contributed by atoms with Crippen LogP contribution >= 0.6 is 0 Å². The van der Waals surface area contributed by atoms with Gasteiger partial charge in [0, 0.05) is 19.6 Å². The number of nitrogens with two attached hydrogens (primary N) is 1. The largest absolute Gasteiger partial charge is 0.490 e. The van der Waals surface area contributed by atoms with Gasteiger partial charge in [0.1, 0.15) is 0 Å². The molecular formula is C21H41F3N2O3. The lowest BCUT2D eigenvalue weighted by molar-refractivity contribution is -0.204. The standard InChI is InChI=1S/C21H41F3N2O3/c1-2-3-4-5-6-7-8-9-10-11-12-17-28-18-13-15-26-16-14-19(25)29-20(27)21(22,23)24/h19,26H,2-18,25H2,1H3. The van der Waals surface area contributed by atoms with Gasteiger partial charge < -0.3 is 14.8 Å². The number of esters is 1. The summed E-state index contributed by atoms with van der Waals surface area (Å²) in [5.74, 6) is -2.25. The third-order valence-corrected chi connectivity index (χ3v) is 4.63. The minimum Gasteiger partial charge on any atom is -0.440 e. The fourth-order valence-corrected chi connectivity index (χ4v) is 2.90. The Balaban J connectivity index is 3.21. The minimum atomic E-state index is -5.00. The van der Waals surface area contributed by atoms with Crippen molar-refractivity contribution in [2.45, 2.75) is 103 Å². The zero-order chi connectivity index (χ0) is 21.8. The normalized spacial score (nSPS) is 12.9. The summed E-state index contributed by atoms with van der Waals surface area (Å²) in [6.07, 6.45) is 9.10. The molecule has 0 aliphatic rings. The van der Waals surface area contributed by atoms with Gasteiger partial charge in [-0.25, -0.2) is 4.79 Å². The number of hydrogen-bond donors (Lipinski definition) is 2. The van der Waals surface area contributed by atoms with E-state index in [1.807, 2.05) is 0 Å². The summed E-state index contributed by atoms with van der Waals surface area (Å²) in [5, 5.41) is 3.04. The molecule has 0 heterocycles. The highest BCUT2D eigenvalue weighted by Gasteiger charge is 2.41. The molecule has 0 saturated heterocycles. The molecule has 0 aromatic carbocycles. The van der Waals surface area contributed by atoms with E-state index in [-0.39, 0.29) is 6.42 Å². The fourth-order valence-electron chi connectivity index (χ4n) is 2.90. The summed E-state index contributed by atoms with van der Waals surface area (Å²) in [5.41, 5.74) is 5.34. The number of rotatable bonds is 20. The molecular weight excluding hydrogens is 385 g/mol. The Hall–Kier alpha value is -0.860. The topological polar surface area (TPSA) is 73.6 Å². The molecule has 0 aromatic heterocycles. The van der Waals surface area contributed by atoms with Gasteiger partial charge in [0.2, 0.25) is 0 Å². The van der Waals surface area contributed by atoms with Gasteiger partial charge in [-0.15, -0.1) is 0 Å². The zero-order valence-electron chi connectivity index (χ0n) is 18.0. The number of nitrogens with one attached hydrogen (secondary N) is 1. The van der Waals surface area contributed by atoms with E-state index in [2.05, 4.69) is 17.0 Å². The van der Waals surface area contributed by atoms with Crippen LogP contribution in [0.3, 0.4) is 0 Å². The first kappa shape index (κ1) is 28.1. The third kappa shape index (κ3) is 20.2. The van der Waals surface area contributed by atoms with Crippen molar-refractivity contribution < 1.29 is 27.4 Å². The molecule has 0 radical (unpaired) electrons. The van der Waals surface area contributed by atoms with Gasteiger partial charge in [-0.05, 0) is 25.9 Å². The van der Waals surface area contributed by atoms with Crippen molar-refractivity contribution in [3.8, 4) is 0 Å². The van der Waals surface area contributed by atoms with Crippen LogP contribution in [0, 0.1) is 0 Å². The molecule has 8 heteroatoms. The average molecular weight is 427 g/mol. The number of carbonyl (C=O) groups excluding carboxylic acids is 1. The maximum atomic E-state index is 12.0. The van der Waals surface area contributed by atoms with E-state index in [1.165, 1.54) is 64.2 Å². The van der Waals surface area contributed by atoms with E-state index < -0.39 is 18.4 Å². The third-order valence-electron chi connectivity index (χ3n) is 4.63. The van der Waals surface area contributed by atoms with Gasteiger partial charge in [0.05, 0.1) is 0 Å². The molecule has 5 nitrogen and oxygen atoms in total. The smallest absolute Gasteiger partial charge is 0.440 e. The minimum absolute atomic E-state index is 0.126. The molecule has 0 fully saturated rings. The first-order chi connectivity index (χ1) is 13.9. The van der Waals surface area contributed by atoms with Gasteiger partial charge in [-0.2, -0.15) is 13.2 Å². The van der Waals surface area contributed by atoms with Gasteiger partial charge in [-0.3, -0.25) is 5.73 Å². The van der Waals surface area contributed by atoms with Crippen LogP contribution in [0.5, 0.6) is 0 Å². The second-order valence-electron chi connectivity index (χ2n) is 7.48. The second-order valence-corrected chi connectivity index (χ2v) is 7.48. The summed E-state index contributed by atoms with van der Waals surface area (Å²) < 4.78 is 45.7. The Kier molecular flexibility index (Phi) is 18.6. The average Bonchev–Trinajstić information content (AvgIpc) is 2.66. The van der Waals surface area contributed by atoms with Crippen LogP contribution in [0.4, 0.5) is 13.2 Å². The SMILES string of the molecule is CCCCCCCCCCCCCOCCCNCCC(N)OC(=O)C(F)(F)F. The van der Waals surface area contributed by atoms with Gasteiger partial charge in [0.15, 0.2) is 6.23 Å². The summed E-state index contributed by atoms with van der Waals surface area (Å²) in [6, 6.07) is 0. The Morgan fingerprint density at radius 1 is 0.862 bits per heavy atom. The van der Waals surface area contributed by atoms with E-state index in [0.717, 1.165) is 19.4 Å². The molecule has 0 aromatic rings. The zero-order valence-corrected chi connectivity index (χ0v) is 18.0. The highest BCUT2D eigenvalue weighted by atomic mass is 19.4. The molecule has 174 valence electrons. The van der Waals surface area contributed by atoms with Crippen molar-refractivity contribution in [1.29, 1.82) is 0 Å². The summed E-state index contributed by atoms with van der Waals surface area (Å²) in [4.78, 5) is 10.6. The quantitative estimate of drug-likeness (QED) is 0.161. The Morgan fingerprint density at radius 3 is 1.93 bits per heavy atom. The number of hydrogen-bond acceptors (Lipinski definition) is 5. The van der Waals surface area contributed by atoms with E-state index in [0.29, 0.717) is 19.7 Å². The highest BCUT2D eigenvalue weighted by Crippen LogP contribution is 2.17. The van der Waals surface area contributed by atoms with Crippen molar-refractivity contribution in [2.24, 2.45) is 5.73 Å². The second kappa shape index (κ2) is 19.1. The van der Waals surface area contributed by atoms with E-state index in [9.17, 15) is 18.0 Å². The summed E-state index contributed by atoms with van der Waals surface area (Å²) in [6.45, 7) is 4.73. The molecule has 0 aliphatic carbocycles. The Morgan fingerprint density at radius 2 is 1.38 bits per heavy atom. The number of carbonyl (C=O) groups is 1. The van der Waals surface area contributed by atoms with E-state index in [4.69, 9.17) is 10.5 Å². The summed E-state index contributed by atoms with van der Waals surface area (Å²) in [7, 11) is 0. The molecule has 0 bridgehead atoms. The number of alkyl halides is 3. The lowest BCUT2D eigenvalue weighted by Crippen LogP contribution is -2.36. The first-order valence-corrected chi connectivity index (χ1v) is 11.2. The molecule has 0 aliphatic heterocycles. The van der Waals surface area contributed by atoms with Crippen LogP contribution in [0.25, 0.3) is 0 Å². The van der Waals surface area contributed by atoms with Crippen LogP contribution in [-0.2, 0) is 14.3 Å². The number of halogens is 3. The van der Waals surface area contributed by atoms with E-state index in [1.54, 1.807) is 0 Å². The molecule has 3 N–H and O–H groups in total. The molecule has 1 unspecified atom stereocenters. The lowest BCUT2D eigenvalue weighted by Gasteiger charge is -2.14. The number of unbranched alkanes of at least 4 members (excludes halogenated alkanes) is 10. The van der Waals surface area contributed by atoms with Gasteiger partial charge >= 0.3 is 12.1 Å². The number of ether oxygens (including phenoxy) is 2. The maximum absolute atomic E-state index is 12.0. The maximum Gasteiger partial charge on any atom is 0.490 e. The Bertz CT molecular complexity index is 383. The monoisotopic (exact) mass is 426 g/mol. The molecule has 0 spiro atoms. The van der Waals surface area contributed by atoms with Crippen molar-refractivity contribution in [3.63, 3.8) is 0 Å². The predicted octanol–water partition coefficient (Wildman–Crippen LogP) is 5.07. The molecule has 29 heavy (non-hydrogen) atoms. The van der Waals surface area contributed by atoms with Crippen molar-refractivity contribution in [2.75, 3.05) is 26.3 Å². The van der Waals surface area contributed by atoms with Crippen molar-refractivity contribution >= 4 is 5.97 Å².